The number of imidazole rings is 1. The Kier molecular flexibility index (Phi) is 18.2. The topological polar surface area (TPSA) is 364 Å². The fourth-order valence-corrected chi connectivity index (χ4v) is 9.18. The number of aliphatic hydroxyl groups excluding tert-OH is 2. The Morgan fingerprint density at radius 1 is 1.02 bits per heavy atom. The first-order chi connectivity index (χ1) is 26.5. The summed E-state index contributed by atoms with van der Waals surface area (Å²) in [5, 5.41) is 26.6. The SMILES string of the molecule is CCCC(CCC)C(=O)SCCNC(=O)CCNC(=O)C(O)C(C)(C)COP(=O)(O)OP(=O)(O)OC[C@H]1O[C@@H](n2cnc3c(N)ncnc32)[C@H](O)[C@@H]1OP(=O)(O)O. The largest absolute Gasteiger partial charge is 0.481 e. The molecule has 57 heavy (non-hydrogen) atoms. The summed E-state index contributed by atoms with van der Waals surface area (Å²) >= 11 is 1.16. The Morgan fingerprint density at radius 3 is 2.30 bits per heavy atom. The first-order valence-electron chi connectivity index (χ1n) is 17.6. The molecule has 2 amide bonds. The van der Waals surface area contributed by atoms with Crippen molar-refractivity contribution in [3.8, 4) is 0 Å². The van der Waals surface area contributed by atoms with E-state index in [1.807, 2.05) is 13.8 Å². The zero-order chi connectivity index (χ0) is 42.8. The van der Waals surface area contributed by atoms with Gasteiger partial charge in [0.1, 0.15) is 36.3 Å². The van der Waals surface area contributed by atoms with Gasteiger partial charge in [0, 0.05) is 36.6 Å². The van der Waals surface area contributed by atoms with Crippen molar-refractivity contribution in [3.63, 3.8) is 0 Å². The third-order valence-corrected chi connectivity index (χ3v) is 12.5. The minimum absolute atomic E-state index is 0.0160. The number of nitrogen functional groups attached to an aromatic ring is 1. The number of nitrogens with zero attached hydrogens (tertiary/aromatic N) is 4. The standard InChI is InChI=1S/C29H50N7O17P3S/c1-5-7-17(8-6-2)28(41)57-12-11-31-19(37)9-10-32-26(40)23(39)29(3,4)14-50-56(47,48)53-55(45,46)49-13-18-22(52-54(42,43)44)21(38)27(51-18)36-16-35-20-24(30)33-15-34-25(20)36/h15-18,21-23,27,38-39H,5-14H2,1-4H3,(H,31,37)(H,32,40)(H,45,46)(H,47,48)(H2,30,33,34)(H2,42,43,44)/t18-,21-,22-,23?,27-/m1/s1. The summed E-state index contributed by atoms with van der Waals surface area (Å²) in [7, 11) is -16.4. The predicted molar refractivity (Wildman–Crippen MR) is 200 cm³/mol. The maximum atomic E-state index is 12.7. The summed E-state index contributed by atoms with van der Waals surface area (Å²) in [6.45, 7) is 4.58. The molecule has 1 aliphatic rings. The van der Waals surface area contributed by atoms with Gasteiger partial charge in [-0.15, -0.1) is 0 Å². The van der Waals surface area contributed by atoms with Crippen molar-refractivity contribution in [2.45, 2.75) is 90.4 Å². The summed E-state index contributed by atoms with van der Waals surface area (Å²) in [5.41, 5.74) is 4.27. The second kappa shape index (κ2) is 21.2. The number of nitrogens with two attached hydrogens (primary N) is 1. The Labute approximate surface area is 331 Å². The molecule has 1 fully saturated rings. The smallest absolute Gasteiger partial charge is 0.386 e. The summed E-state index contributed by atoms with van der Waals surface area (Å²) in [6, 6.07) is 0. The highest BCUT2D eigenvalue weighted by Crippen LogP contribution is 2.61. The lowest BCUT2D eigenvalue weighted by Gasteiger charge is -2.30. The van der Waals surface area contributed by atoms with E-state index in [9.17, 15) is 57.9 Å². The van der Waals surface area contributed by atoms with Crippen molar-refractivity contribution in [2.24, 2.45) is 11.3 Å². The number of anilines is 1. The van der Waals surface area contributed by atoms with Gasteiger partial charge >= 0.3 is 23.5 Å². The van der Waals surface area contributed by atoms with E-state index in [-0.39, 0.29) is 47.5 Å². The van der Waals surface area contributed by atoms with Crippen LogP contribution in [-0.4, -0.2) is 123 Å². The molecule has 0 aromatic carbocycles. The molecule has 24 nitrogen and oxygen atoms in total. The van der Waals surface area contributed by atoms with Crippen molar-refractivity contribution in [1.82, 2.24) is 30.2 Å². The van der Waals surface area contributed by atoms with Crippen LogP contribution in [0.15, 0.2) is 12.7 Å². The molecule has 0 saturated carbocycles. The molecule has 2 aromatic heterocycles. The number of amides is 2. The number of hydrogen-bond acceptors (Lipinski definition) is 18. The molecule has 324 valence electrons. The van der Waals surface area contributed by atoms with Gasteiger partial charge in [-0.2, -0.15) is 4.31 Å². The van der Waals surface area contributed by atoms with Crippen molar-refractivity contribution in [2.75, 3.05) is 37.8 Å². The number of hydrogen-bond donors (Lipinski definition) is 9. The minimum Gasteiger partial charge on any atom is -0.386 e. The van der Waals surface area contributed by atoms with Crippen LogP contribution >= 0.6 is 35.2 Å². The Bertz CT molecular complexity index is 1830. The van der Waals surface area contributed by atoms with Crippen LogP contribution in [0.2, 0.25) is 0 Å². The lowest BCUT2D eigenvalue weighted by atomic mass is 9.87. The summed E-state index contributed by atoms with van der Waals surface area (Å²) in [5.74, 6) is -1.06. The molecule has 0 aliphatic carbocycles. The maximum Gasteiger partial charge on any atom is 0.481 e. The van der Waals surface area contributed by atoms with Gasteiger partial charge in [0.25, 0.3) is 0 Å². The van der Waals surface area contributed by atoms with E-state index in [2.05, 4.69) is 34.4 Å². The molecule has 3 unspecified atom stereocenters. The van der Waals surface area contributed by atoms with Gasteiger partial charge in [0.05, 0.1) is 19.5 Å². The highest BCUT2D eigenvalue weighted by atomic mass is 32.2. The molecule has 10 N–H and O–H groups in total. The fraction of sp³-hybridized carbons (Fsp3) is 0.724. The van der Waals surface area contributed by atoms with E-state index < -0.39 is 84.6 Å². The van der Waals surface area contributed by atoms with Crippen LogP contribution in [0.4, 0.5) is 5.82 Å². The van der Waals surface area contributed by atoms with E-state index in [4.69, 9.17) is 19.5 Å². The number of phosphoric acid groups is 3. The highest BCUT2D eigenvalue weighted by molar-refractivity contribution is 8.13. The Balaban J connectivity index is 1.48. The van der Waals surface area contributed by atoms with Gasteiger partial charge in [-0.25, -0.2) is 28.6 Å². The normalized spacial score (nSPS) is 21.6. The van der Waals surface area contributed by atoms with Crippen LogP contribution in [0.25, 0.3) is 11.2 Å². The number of carbonyl (C=O) groups excluding carboxylic acids is 3. The average Bonchev–Trinajstić information content (AvgIpc) is 3.67. The first-order valence-corrected chi connectivity index (χ1v) is 23.1. The van der Waals surface area contributed by atoms with Gasteiger partial charge in [-0.05, 0) is 12.8 Å². The predicted octanol–water partition coefficient (Wildman–Crippen LogP) is 0.881. The van der Waals surface area contributed by atoms with Crippen molar-refractivity contribution >= 4 is 69.1 Å². The zero-order valence-corrected chi connectivity index (χ0v) is 35.0. The zero-order valence-electron chi connectivity index (χ0n) is 31.5. The summed E-state index contributed by atoms with van der Waals surface area (Å²) in [4.78, 5) is 88.2. The lowest BCUT2D eigenvalue weighted by Crippen LogP contribution is -2.46. The monoisotopic (exact) mass is 893 g/mol. The van der Waals surface area contributed by atoms with E-state index in [1.54, 1.807) is 0 Å². The molecule has 0 radical (unpaired) electrons. The van der Waals surface area contributed by atoms with E-state index in [1.165, 1.54) is 13.8 Å². The molecule has 7 atom stereocenters. The van der Waals surface area contributed by atoms with E-state index >= 15 is 0 Å². The molecule has 3 heterocycles. The van der Waals surface area contributed by atoms with Gasteiger partial charge in [-0.1, -0.05) is 52.3 Å². The summed E-state index contributed by atoms with van der Waals surface area (Å²) in [6.07, 6.45) is -3.47. The number of rotatable bonds is 24. The number of fused-ring (bicyclic) bond motifs is 1. The second-order valence-corrected chi connectivity index (χ2v) is 18.8. The molecule has 3 rings (SSSR count). The Hall–Kier alpha value is -2.44. The second-order valence-electron chi connectivity index (χ2n) is 13.5. The van der Waals surface area contributed by atoms with Crippen molar-refractivity contribution in [3.05, 3.63) is 12.7 Å². The van der Waals surface area contributed by atoms with Crippen LogP contribution < -0.4 is 16.4 Å². The van der Waals surface area contributed by atoms with Gasteiger partial charge in [0.2, 0.25) is 11.8 Å². The molecular weight excluding hydrogens is 843 g/mol. The molecule has 0 spiro atoms. The highest BCUT2D eigenvalue weighted by Gasteiger charge is 2.50. The molecular formula is C29H50N7O17P3S. The Morgan fingerprint density at radius 2 is 1.67 bits per heavy atom. The quantitative estimate of drug-likeness (QED) is 0.0521. The first kappa shape index (κ1) is 48.9. The number of aliphatic hydroxyl groups is 2. The maximum absolute atomic E-state index is 12.7. The number of aromatic nitrogens is 4. The lowest BCUT2D eigenvalue weighted by molar-refractivity contribution is -0.137. The van der Waals surface area contributed by atoms with Crippen LogP contribution in [-0.2, 0) is 50.7 Å². The van der Waals surface area contributed by atoms with E-state index in [0.29, 0.717) is 5.75 Å². The van der Waals surface area contributed by atoms with Crippen molar-refractivity contribution < 1.29 is 80.5 Å². The van der Waals surface area contributed by atoms with Gasteiger partial charge in [-0.3, -0.25) is 32.5 Å². The van der Waals surface area contributed by atoms with Gasteiger partial charge < -0.3 is 50.9 Å². The van der Waals surface area contributed by atoms with Crippen LogP contribution in [0.1, 0.15) is 66.0 Å². The average molecular weight is 894 g/mol. The minimum atomic E-state index is -5.57. The van der Waals surface area contributed by atoms with Crippen LogP contribution in [0.3, 0.4) is 0 Å². The number of ether oxygens (including phenoxy) is 1. The van der Waals surface area contributed by atoms with E-state index in [0.717, 1.165) is 54.7 Å². The number of carbonyl (C=O) groups is 3. The third kappa shape index (κ3) is 15.0. The number of thioether (sulfide) groups is 1. The van der Waals surface area contributed by atoms with Crippen LogP contribution in [0.5, 0.6) is 0 Å². The number of phosphoric ester groups is 3. The summed E-state index contributed by atoms with van der Waals surface area (Å²) < 4.78 is 62.2. The molecule has 1 saturated heterocycles. The van der Waals surface area contributed by atoms with Crippen LogP contribution in [0, 0.1) is 11.3 Å². The molecule has 2 aromatic rings. The third-order valence-electron chi connectivity index (χ3n) is 8.35. The molecule has 1 aliphatic heterocycles. The van der Waals surface area contributed by atoms with Crippen molar-refractivity contribution in [1.29, 1.82) is 0 Å². The van der Waals surface area contributed by atoms with Gasteiger partial charge in [0.15, 0.2) is 22.8 Å². The molecule has 28 heteroatoms. The number of nitrogens with one attached hydrogen (secondary N) is 2. The molecule has 0 bridgehead atoms. The fourth-order valence-electron chi connectivity index (χ4n) is 5.48.